The normalized spacial score (nSPS) is 22.5. The topological polar surface area (TPSA) is 54.0 Å². The molecule has 2 rings (SSSR count). The highest BCUT2D eigenvalue weighted by molar-refractivity contribution is 5.70. The van der Waals surface area contributed by atoms with Gasteiger partial charge in [0.05, 0.1) is 25.2 Å². The lowest BCUT2D eigenvalue weighted by Crippen LogP contribution is -2.39. The van der Waals surface area contributed by atoms with Crippen LogP contribution in [-0.4, -0.2) is 36.7 Å². The van der Waals surface area contributed by atoms with Crippen LogP contribution in [0.15, 0.2) is 30.3 Å². The van der Waals surface area contributed by atoms with Gasteiger partial charge in [-0.15, -0.1) is 0 Å². The van der Waals surface area contributed by atoms with Crippen LogP contribution < -0.4 is 0 Å². The fourth-order valence-electron chi connectivity index (χ4n) is 2.84. The summed E-state index contributed by atoms with van der Waals surface area (Å²) in [5.74, 6) is -0.231. The summed E-state index contributed by atoms with van der Waals surface area (Å²) in [6.45, 7) is 12.7. The number of rotatable bonds is 7. The molecule has 0 bridgehead atoms. The minimum atomic E-state index is -0.474. The van der Waals surface area contributed by atoms with Gasteiger partial charge in [-0.05, 0) is 39.7 Å². The van der Waals surface area contributed by atoms with Crippen molar-refractivity contribution >= 4 is 5.97 Å². The van der Waals surface area contributed by atoms with Crippen molar-refractivity contribution in [2.45, 2.75) is 91.5 Å². The lowest BCUT2D eigenvalue weighted by Gasteiger charge is -2.34. The van der Waals surface area contributed by atoms with Crippen molar-refractivity contribution in [2.75, 3.05) is 6.61 Å². The van der Waals surface area contributed by atoms with Gasteiger partial charge in [-0.25, -0.2) is 0 Å². The van der Waals surface area contributed by atoms with Gasteiger partial charge in [0.25, 0.3) is 0 Å². The number of carbonyl (C=O) groups excluding carboxylic acids is 1. The maximum Gasteiger partial charge on any atom is 0.308 e. The lowest BCUT2D eigenvalue weighted by atomic mass is 10.0. The Bertz CT molecular complexity index is 523. The Morgan fingerprint density at radius 3 is 2.37 bits per heavy atom. The zero-order chi connectivity index (χ0) is 20.3. The molecule has 0 spiro atoms. The van der Waals surface area contributed by atoms with Crippen molar-refractivity contribution in [1.29, 1.82) is 0 Å². The van der Waals surface area contributed by atoms with Gasteiger partial charge in [0.1, 0.15) is 5.60 Å². The molecule has 0 radical (unpaired) electrons. The molecule has 1 saturated heterocycles. The Balaban J connectivity index is 0.00000176. The molecule has 0 N–H and O–H groups in total. The molecule has 2 unspecified atom stereocenters. The van der Waals surface area contributed by atoms with Gasteiger partial charge < -0.3 is 18.9 Å². The molecule has 1 aromatic rings. The molecular weight excluding hydrogens is 344 g/mol. The van der Waals surface area contributed by atoms with Crippen molar-refractivity contribution in [2.24, 2.45) is 0 Å². The Morgan fingerprint density at radius 1 is 1.11 bits per heavy atom. The van der Waals surface area contributed by atoms with E-state index in [-0.39, 0.29) is 30.9 Å². The summed E-state index contributed by atoms with van der Waals surface area (Å²) in [5, 5.41) is 0. The fourth-order valence-corrected chi connectivity index (χ4v) is 2.84. The summed E-state index contributed by atoms with van der Waals surface area (Å²) in [5.41, 5.74) is 0.685. The predicted molar refractivity (Wildman–Crippen MR) is 106 cm³/mol. The Morgan fingerprint density at radius 2 is 1.74 bits per heavy atom. The quantitative estimate of drug-likeness (QED) is 0.499. The second kappa shape index (κ2) is 12.1. The largest absolute Gasteiger partial charge is 0.460 e. The molecule has 5 nitrogen and oxygen atoms in total. The third kappa shape index (κ3) is 10.5. The standard InChI is InChI=1S/C20H30O5.C2H6/c1-15-23-17(10-11-22-14-16-8-6-5-7-9-16)12-18(24-15)13-19(21)25-20(2,3)4;1-2/h5-9,15,17-18H,10-14H2,1-4H3;1-2H3/t15?,17?,18-;/m1./s1. The molecule has 0 aromatic heterocycles. The average molecular weight is 381 g/mol. The van der Waals surface area contributed by atoms with Gasteiger partial charge in [0.2, 0.25) is 0 Å². The maximum absolute atomic E-state index is 12.0. The first kappa shape index (κ1) is 23.6. The molecule has 1 fully saturated rings. The van der Waals surface area contributed by atoms with Crippen molar-refractivity contribution < 1.29 is 23.7 Å². The van der Waals surface area contributed by atoms with E-state index in [1.165, 1.54) is 0 Å². The van der Waals surface area contributed by atoms with Crippen molar-refractivity contribution in [3.8, 4) is 0 Å². The van der Waals surface area contributed by atoms with Crippen LogP contribution in [0.4, 0.5) is 0 Å². The Hall–Kier alpha value is -1.43. The average Bonchev–Trinajstić information content (AvgIpc) is 2.59. The SMILES string of the molecule is CC.CC1OC(CCOCc2ccccc2)C[C@H](CC(=O)OC(C)(C)C)O1. The number of hydrogen-bond donors (Lipinski definition) is 0. The molecule has 154 valence electrons. The van der Waals surface area contributed by atoms with Crippen LogP contribution in [0.5, 0.6) is 0 Å². The van der Waals surface area contributed by atoms with Crippen LogP contribution >= 0.6 is 0 Å². The van der Waals surface area contributed by atoms with Crippen LogP contribution in [0.25, 0.3) is 0 Å². The monoisotopic (exact) mass is 380 g/mol. The van der Waals surface area contributed by atoms with E-state index in [1.807, 2.05) is 71.9 Å². The van der Waals surface area contributed by atoms with E-state index in [0.717, 1.165) is 12.0 Å². The number of hydrogen-bond acceptors (Lipinski definition) is 5. The van der Waals surface area contributed by atoms with E-state index in [0.29, 0.717) is 19.6 Å². The minimum Gasteiger partial charge on any atom is -0.460 e. The highest BCUT2D eigenvalue weighted by Gasteiger charge is 2.30. The molecule has 5 heteroatoms. The molecule has 1 aromatic carbocycles. The molecule has 1 aliphatic heterocycles. The van der Waals surface area contributed by atoms with E-state index in [2.05, 4.69) is 0 Å². The second-order valence-corrected chi connectivity index (χ2v) is 7.44. The first-order valence-electron chi connectivity index (χ1n) is 9.96. The van der Waals surface area contributed by atoms with Crippen molar-refractivity contribution in [3.05, 3.63) is 35.9 Å². The van der Waals surface area contributed by atoms with Gasteiger partial charge in [-0.1, -0.05) is 44.2 Å². The summed E-state index contributed by atoms with van der Waals surface area (Å²) >= 11 is 0. The first-order chi connectivity index (χ1) is 12.8. The summed E-state index contributed by atoms with van der Waals surface area (Å²) in [6, 6.07) is 10.1. The number of benzene rings is 1. The first-order valence-corrected chi connectivity index (χ1v) is 9.96. The summed E-state index contributed by atoms with van der Waals surface area (Å²) in [7, 11) is 0. The molecule has 3 atom stereocenters. The van der Waals surface area contributed by atoms with Gasteiger partial charge in [-0.3, -0.25) is 4.79 Å². The molecule has 0 saturated carbocycles. The van der Waals surface area contributed by atoms with Crippen LogP contribution in [0.2, 0.25) is 0 Å². The molecule has 0 amide bonds. The minimum absolute atomic E-state index is 0.0342. The van der Waals surface area contributed by atoms with E-state index in [4.69, 9.17) is 18.9 Å². The van der Waals surface area contributed by atoms with Crippen molar-refractivity contribution in [3.63, 3.8) is 0 Å². The number of esters is 1. The second-order valence-electron chi connectivity index (χ2n) is 7.44. The van der Waals surface area contributed by atoms with Gasteiger partial charge in [-0.2, -0.15) is 0 Å². The van der Waals surface area contributed by atoms with Crippen LogP contribution in [0, 0.1) is 0 Å². The third-order valence-corrected chi connectivity index (χ3v) is 3.80. The zero-order valence-corrected chi connectivity index (χ0v) is 17.7. The van der Waals surface area contributed by atoms with E-state index in [1.54, 1.807) is 0 Å². The maximum atomic E-state index is 12.0. The van der Waals surface area contributed by atoms with Crippen LogP contribution in [0.3, 0.4) is 0 Å². The molecule has 0 aliphatic carbocycles. The van der Waals surface area contributed by atoms with E-state index >= 15 is 0 Å². The van der Waals surface area contributed by atoms with Crippen LogP contribution in [-0.2, 0) is 30.3 Å². The van der Waals surface area contributed by atoms with Gasteiger partial charge >= 0.3 is 5.97 Å². The molecular formula is C22H36O5. The summed E-state index contributed by atoms with van der Waals surface area (Å²) in [4.78, 5) is 12.0. The zero-order valence-electron chi connectivity index (χ0n) is 17.7. The van der Waals surface area contributed by atoms with E-state index < -0.39 is 5.60 Å². The lowest BCUT2D eigenvalue weighted by molar-refractivity contribution is -0.239. The van der Waals surface area contributed by atoms with Crippen molar-refractivity contribution in [1.82, 2.24) is 0 Å². The Kier molecular flexibility index (Phi) is 10.6. The Labute approximate surface area is 164 Å². The number of carbonyl (C=O) groups is 1. The van der Waals surface area contributed by atoms with Crippen LogP contribution in [0.1, 0.15) is 66.4 Å². The smallest absolute Gasteiger partial charge is 0.308 e. The third-order valence-electron chi connectivity index (χ3n) is 3.80. The fraction of sp³-hybridized carbons (Fsp3) is 0.682. The molecule has 27 heavy (non-hydrogen) atoms. The number of ether oxygens (including phenoxy) is 4. The highest BCUT2D eigenvalue weighted by atomic mass is 16.7. The summed E-state index contributed by atoms with van der Waals surface area (Å²) < 4.78 is 22.6. The molecule has 1 aliphatic rings. The highest BCUT2D eigenvalue weighted by Crippen LogP contribution is 2.24. The van der Waals surface area contributed by atoms with Gasteiger partial charge in [0.15, 0.2) is 6.29 Å². The summed E-state index contributed by atoms with van der Waals surface area (Å²) in [6.07, 6.45) is 1.26. The van der Waals surface area contributed by atoms with Gasteiger partial charge in [0, 0.05) is 13.0 Å². The molecule has 1 heterocycles. The van der Waals surface area contributed by atoms with E-state index in [9.17, 15) is 4.79 Å². The predicted octanol–water partition coefficient (Wildman–Crippen LogP) is 4.87.